The van der Waals surface area contributed by atoms with Crippen molar-refractivity contribution >= 4 is 17.3 Å². The predicted octanol–water partition coefficient (Wildman–Crippen LogP) is 2.11. The number of hydrogen-bond acceptors (Lipinski definition) is 4. The number of carboxylic acid groups (broad SMARTS) is 1. The highest BCUT2D eigenvalue weighted by Crippen LogP contribution is 2.26. The Kier molecular flexibility index (Phi) is 4.08. The summed E-state index contributed by atoms with van der Waals surface area (Å²) in [5.41, 5.74) is -2.25. The van der Waals surface area contributed by atoms with Crippen molar-refractivity contribution in [3.63, 3.8) is 0 Å². The van der Waals surface area contributed by atoms with Crippen LogP contribution < -0.4 is 5.32 Å². The molecule has 6 nitrogen and oxygen atoms in total. The van der Waals surface area contributed by atoms with Crippen molar-refractivity contribution in [2.45, 2.75) is 6.43 Å². The van der Waals surface area contributed by atoms with E-state index in [9.17, 15) is 28.1 Å². The summed E-state index contributed by atoms with van der Waals surface area (Å²) in [6, 6.07) is 0.982. The standard InChI is InChI=1S/C9H7F3N2O4/c10-5-2-7(14(17)18)4(9(15)16)1-6(5)13-3-8(11)12/h1-2,8,13H,3H2,(H,15,16). The Morgan fingerprint density at radius 2 is 2.11 bits per heavy atom. The minimum atomic E-state index is -2.77. The van der Waals surface area contributed by atoms with Crippen molar-refractivity contribution < 1.29 is 28.0 Å². The second kappa shape index (κ2) is 5.34. The average molecular weight is 264 g/mol. The van der Waals surface area contributed by atoms with Crippen LogP contribution in [0, 0.1) is 15.9 Å². The molecule has 0 fully saturated rings. The molecule has 0 aromatic heterocycles. The van der Waals surface area contributed by atoms with Gasteiger partial charge in [0.1, 0.15) is 5.56 Å². The molecule has 9 heteroatoms. The highest BCUT2D eigenvalue weighted by atomic mass is 19.3. The molecule has 0 aliphatic carbocycles. The van der Waals surface area contributed by atoms with E-state index in [0.717, 1.165) is 0 Å². The van der Waals surface area contributed by atoms with E-state index in [-0.39, 0.29) is 0 Å². The molecule has 1 aromatic carbocycles. The van der Waals surface area contributed by atoms with Crippen molar-refractivity contribution in [1.29, 1.82) is 0 Å². The van der Waals surface area contributed by atoms with E-state index in [4.69, 9.17) is 5.11 Å². The minimum absolute atomic E-state index is 0.372. The molecular formula is C9H7F3N2O4. The second-order valence-electron chi connectivity index (χ2n) is 3.18. The van der Waals surface area contributed by atoms with E-state index in [1.54, 1.807) is 0 Å². The van der Waals surface area contributed by atoms with Crippen LogP contribution in [0.1, 0.15) is 10.4 Å². The van der Waals surface area contributed by atoms with E-state index in [1.807, 2.05) is 5.32 Å². The Morgan fingerprint density at radius 3 is 2.56 bits per heavy atom. The lowest BCUT2D eigenvalue weighted by atomic mass is 10.1. The molecule has 1 rings (SSSR count). The van der Waals surface area contributed by atoms with Crippen LogP contribution in [0.5, 0.6) is 0 Å². The van der Waals surface area contributed by atoms with Crippen LogP contribution in [0.3, 0.4) is 0 Å². The van der Waals surface area contributed by atoms with Gasteiger partial charge in [-0.25, -0.2) is 18.0 Å². The number of nitro benzene ring substituents is 1. The van der Waals surface area contributed by atoms with Crippen molar-refractivity contribution in [3.05, 3.63) is 33.6 Å². The number of benzene rings is 1. The summed E-state index contributed by atoms with van der Waals surface area (Å²) in [4.78, 5) is 20.1. The molecule has 0 amide bonds. The first-order chi connectivity index (χ1) is 8.32. The van der Waals surface area contributed by atoms with Crippen LogP contribution in [0.25, 0.3) is 0 Å². The molecule has 0 saturated carbocycles. The van der Waals surface area contributed by atoms with Gasteiger partial charge in [-0.15, -0.1) is 0 Å². The van der Waals surface area contributed by atoms with Gasteiger partial charge in [0.2, 0.25) is 0 Å². The highest BCUT2D eigenvalue weighted by Gasteiger charge is 2.23. The van der Waals surface area contributed by atoms with Gasteiger partial charge < -0.3 is 10.4 Å². The van der Waals surface area contributed by atoms with Crippen molar-refractivity contribution in [2.24, 2.45) is 0 Å². The molecule has 0 atom stereocenters. The Balaban J connectivity index is 3.19. The van der Waals surface area contributed by atoms with Crippen LogP contribution in [0.15, 0.2) is 12.1 Å². The molecule has 18 heavy (non-hydrogen) atoms. The van der Waals surface area contributed by atoms with Crippen LogP contribution >= 0.6 is 0 Å². The quantitative estimate of drug-likeness (QED) is 0.627. The third-order valence-corrected chi connectivity index (χ3v) is 1.96. The Hall–Kier alpha value is -2.32. The number of carbonyl (C=O) groups is 1. The number of anilines is 1. The van der Waals surface area contributed by atoms with Gasteiger partial charge in [-0.1, -0.05) is 0 Å². The zero-order chi connectivity index (χ0) is 13.9. The first-order valence-corrected chi connectivity index (χ1v) is 4.56. The second-order valence-corrected chi connectivity index (χ2v) is 3.18. The predicted molar refractivity (Wildman–Crippen MR) is 54.5 cm³/mol. The molecule has 0 heterocycles. The molecule has 0 unspecified atom stereocenters. The maximum atomic E-state index is 13.3. The number of aromatic carboxylic acids is 1. The molecule has 1 aromatic rings. The summed E-state index contributed by atoms with van der Waals surface area (Å²) in [7, 11) is 0. The molecule has 0 spiro atoms. The third-order valence-electron chi connectivity index (χ3n) is 1.96. The van der Waals surface area contributed by atoms with E-state index < -0.39 is 46.6 Å². The summed E-state index contributed by atoms with van der Waals surface area (Å²) >= 11 is 0. The average Bonchev–Trinajstić information content (AvgIpc) is 2.26. The monoisotopic (exact) mass is 264 g/mol. The van der Waals surface area contributed by atoms with Crippen LogP contribution in [0.2, 0.25) is 0 Å². The number of nitrogens with zero attached hydrogens (tertiary/aromatic N) is 1. The number of hydrogen-bond donors (Lipinski definition) is 2. The molecule has 98 valence electrons. The van der Waals surface area contributed by atoms with Crippen LogP contribution in [0.4, 0.5) is 24.5 Å². The van der Waals surface area contributed by atoms with Gasteiger partial charge >= 0.3 is 5.97 Å². The first-order valence-electron chi connectivity index (χ1n) is 4.56. The number of halogens is 3. The van der Waals surface area contributed by atoms with E-state index in [1.165, 1.54) is 0 Å². The lowest BCUT2D eigenvalue weighted by molar-refractivity contribution is -0.385. The van der Waals surface area contributed by atoms with E-state index in [0.29, 0.717) is 12.1 Å². The summed E-state index contributed by atoms with van der Waals surface area (Å²) in [5, 5.41) is 21.2. The number of nitrogens with one attached hydrogen (secondary N) is 1. The lowest BCUT2D eigenvalue weighted by Gasteiger charge is -2.08. The molecule has 0 bridgehead atoms. The fourth-order valence-corrected chi connectivity index (χ4v) is 1.21. The van der Waals surface area contributed by atoms with Gasteiger partial charge in [0.15, 0.2) is 5.82 Å². The largest absolute Gasteiger partial charge is 0.477 e. The van der Waals surface area contributed by atoms with Gasteiger partial charge in [0.05, 0.1) is 23.2 Å². The zero-order valence-corrected chi connectivity index (χ0v) is 8.69. The SMILES string of the molecule is O=C(O)c1cc(NCC(F)F)c(F)cc1[N+](=O)[O-]. The molecule has 0 aliphatic rings. The lowest BCUT2D eigenvalue weighted by Crippen LogP contribution is -2.13. The normalized spacial score (nSPS) is 10.4. The fourth-order valence-electron chi connectivity index (χ4n) is 1.21. The van der Waals surface area contributed by atoms with Gasteiger partial charge in [-0.2, -0.15) is 0 Å². The zero-order valence-electron chi connectivity index (χ0n) is 8.69. The first kappa shape index (κ1) is 13.7. The molecular weight excluding hydrogens is 257 g/mol. The number of nitro groups is 1. The molecule has 0 radical (unpaired) electrons. The third kappa shape index (κ3) is 3.09. The highest BCUT2D eigenvalue weighted by molar-refractivity contribution is 5.93. The molecule has 2 N–H and O–H groups in total. The van der Waals surface area contributed by atoms with Gasteiger partial charge in [0, 0.05) is 0 Å². The van der Waals surface area contributed by atoms with Gasteiger partial charge in [-0.3, -0.25) is 10.1 Å². The summed E-state index contributed by atoms with van der Waals surface area (Å²) in [6.07, 6.45) is -2.77. The maximum Gasteiger partial charge on any atom is 0.342 e. The summed E-state index contributed by atoms with van der Waals surface area (Å²) < 4.78 is 37.1. The smallest absolute Gasteiger partial charge is 0.342 e. The van der Waals surface area contributed by atoms with Crippen molar-refractivity contribution in [1.82, 2.24) is 0 Å². The summed E-state index contributed by atoms with van der Waals surface area (Å²) in [6.45, 7) is -0.895. The van der Waals surface area contributed by atoms with Crippen molar-refractivity contribution in [3.8, 4) is 0 Å². The summed E-state index contributed by atoms with van der Waals surface area (Å²) in [5.74, 6) is -2.82. The molecule has 0 aliphatic heterocycles. The Bertz CT molecular complexity index is 493. The van der Waals surface area contributed by atoms with Crippen LogP contribution in [-0.2, 0) is 0 Å². The number of carboxylic acids is 1. The fraction of sp³-hybridized carbons (Fsp3) is 0.222. The van der Waals surface area contributed by atoms with Gasteiger partial charge in [-0.05, 0) is 6.07 Å². The van der Waals surface area contributed by atoms with Gasteiger partial charge in [0.25, 0.3) is 12.1 Å². The van der Waals surface area contributed by atoms with E-state index >= 15 is 0 Å². The molecule has 0 saturated heterocycles. The number of alkyl halides is 2. The topological polar surface area (TPSA) is 92.5 Å². The van der Waals surface area contributed by atoms with Crippen LogP contribution in [-0.4, -0.2) is 29.0 Å². The minimum Gasteiger partial charge on any atom is -0.477 e. The Morgan fingerprint density at radius 1 is 1.50 bits per heavy atom. The number of rotatable bonds is 5. The maximum absolute atomic E-state index is 13.3. The Labute approximate surface area is 98.2 Å². The van der Waals surface area contributed by atoms with E-state index in [2.05, 4.69) is 0 Å². The van der Waals surface area contributed by atoms with Crippen molar-refractivity contribution in [2.75, 3.05) is 11.9 Å².